The van der Waals surface area contributed by atoms with E-state index in [2.05, 4.69) is 163 Å². The number of para-hydroxylation sites is 2. The number of nitrogens with zero attached hydrogens (tertiary/aromatic N) is 2. The number of aromatic nitrogens is 1. The van der Waals surface area contributed by atoms with Crippen LogP contribution in [0.1, 0.15) is 23.6 Å². The van der Waals surface area contributed by atoms with Gasteiger partial charge in [0.1, 0.15) is 11.1 Å². The molecule has 0 amide bonds. The molecule has 44 heavy (non-hydrogen) atoms. The van der Waals surface area contributed by atoms with Crippen molar-refractivity contribution < 1.29 is 4.42 Å². The number of rotatable bonds is 4. The fourth-order valence-corrected chi connectivity index (χ4v) is 7.09. The first-order valence-electron chi connectivity index (χ1n) is 15.1. The van der Waals surface area contributed by atoms with Gasteiger partial charge in [-0.25, -0.2) is 0 Å². The fraction of sp³-hybridized carbons (Fsp3) is 0.0488. The molecule has 1 aliphatic heterocycles. The first-order valence-corrected chi connectivity index (χ1v) is 15.1. The maximum Gasteiger partial charge on any atom is 0.161 e. The average molecular weight is 565 g/mol. The summed E-state index contributed by atoms with van der Waals surface area (Å²) in [4.78, 5) is 5.28. The van der Waals surface area contributed by atoms with E-state index in [9.17, 15) is 0 Å². The molecule has 2 aromatic heterocycles. The number of benzene rings is 6. The molecule has 3 nitrogen and oxygen atoms in total. The Labute approximate surface area is 255 Å². The molecule has 3 heterocycles. The molecular formula is C41H28N2O. The van der Waals surface area contributed by atoms with E-state index in [1.54, 1.807) is 0 Å². The van der Waals surface area contributed by atoms with Gasteiger partial charge < -0.3 is 8.98 Å². The first kappa shape index (κ1) is 24.9. The van der Waals surface area contributed by atoms with Gasteiger partial charge in [0.05, 0.1) is 22.3 Å². The molecule has 0 radical (unpaired) electrons. The van der Waals surface area contributed by atoms with Crippen molar-refractivity contribution >= 4 is 44.4 Å². The Bertz CT molecular complexity index is 2380. The largest absolute Gasteiger partial charge is 0.454 e. The monoisotopic (exact) mass is 564 g/mol. The zero-order valence-corrected chi connectivity index (χ0v) is 24.2. The minimum atomic E-state index is -0.383. The van der Waals surface area contributed by atoms with Crippen molar-refractivity contribution in [3.63, 3.8) is 0 Å². The van der Waals surface area contributed by atoms with Crippen LogP contribution in [0, 0.1) is 0 Å². The highest BCUT2D eigenvalue weighted by Crippen LogP contribution is 2.47. The van der Waals surface area contributed by atoms with Gasteiger partial charge in [-0.05, 0) is 77.2 Å². The molecule has 3 heteroatoms. The Morgan fingerprint density at radius 3 is 2.07 bits per heavy atom. The third-order valence-corrected chi connectivity index (χ3v) is 9.26. The van der Waals surface area contributed by atoms with E-state index >= 15 is 0 Å². The summed E-state index contributed by atoms with van der Waals surface area (Å²) in [6, 6.07) is 53.6. The third-order valence-electron chi connectivity index (χ3n) is 9.26. The lowest BCUT2D eigenvalue weighted by Gasteiger charge is -2.29. The van der Waals surface area contributed by atoms with Crippen molar-refractivity contribution in [1.29, 1.82) is 0 Å². The summed E-state index contributed by atoms with van der Waals surface area (Å²) < 4.78 is 8.99. The molecule has 1 unspecified atom stereocenters. The lowest BCUT2D eigenvalue weighted by molar-refractivity contribution is 0.673. The minimum Gasteiger partial charge on any atom is -0.454 e. The van der Waals surface area contributed by atoms with E-state index in [-0.39, 0.29) is 5.41 Å². The van der Waals surface area contributed by atoms with Crippen LogP contribution in [0.5, 0.6) is 0 Å². The Morgan fingerprint density at radius 2 is 1.27 bits per heavy atom. The van der Waals surface area contributed by atoms with E-state index in [1.807, 2.05) is 0 Å². The average Bonchev–Trinajstić information content (AvgIpc) is 3.72. The predicted molar refractivity (Wildman–Crippen MR) is 182 cm³/mol. The van der Waals surface area contributed by atoms with E-state index in [0.29, 0.717) is 0 Å². The second-order valence-corrected chi connectivity index (χ2v) is 11.7. The molecule has 6 aromatic carbocycles. The van der Waals surface area contributed by atoms with Crippen LogP contribution in [0.3, 0.4) is 0 Å². The van der Waals surface area contributed by atoms with Gasteiger partial charge in [0.25, 0.3) is 0 Å². The van der Waals surface area contributed by atoms with Crippen LogP contribution in [-0.2, 0) is 5.41 Å². The SMILES string of the molecule is CC1(c2ccccc2)C(c2ccc3c4oc5ccc(-c6ccccc6)cc5c4n(-c4ccccc4)c3c2)=Nc2ccccc21. The van der Waals surface area contributed by atoms with Gasteiger partial charge in [0.2, 0.25) is 0 Å². The standard InChI is InChI=1S/C41H28N2O/c1-41(30-15-7-3-8-16-30)34-19-11-12-20-35(34)42-40(41)29-21-23-32-36(26-29)43(31-17-9-4-10-18-31)38-33-25-28(27-13-5-2-6-14-27)22-24-37(33)44-39(32)38/h2-26H,1H3. The molecule has 0 bridgehead atoms. The molecule has 1 atom stereocenters. The van der Waals surface area contributed by atoms with Crippen molar-refractivity contribution in [2.75, 3.05) is 0 Å². The normalized spacial score (nSPS) is 16.1. The van der Waals surface area contributed by atoms with E-state index < -0.39 is 0 Å². The van der Waals surface area contributed by atoms with Crippen LogP contribution in [0.2, 0.25) is 0 Å². The molecule has 0 N–H and O–H groups in total. The minimum absolute atomic E-state index is 0.383. The lowest BCUT2D eigenvalue weighted by Crippen LogP contribution is -2.31. The quantitative estimate of drug-likeness (QED) is 0.209. The molecule has 0 saturated heterocycles. The summed E-state index contributed by atoms with van der Waals surface area (Å²) in [7, 11) is 0. The van der Waals surface area contributed by atoms with E-state index in [1.165, 1.54) is 22.3 Å². The summed E-state index contributed by atoms with van der Waals surface area (Å²) >= 11 is 0. The molecule has 8 aromatic rings. The maximum absolute atomic E-state index is 6.63. The van der Waals surface area contributed by atoms with Crippen molar-refractivity contribution in [1.82, 2.24) is 4.57 Å². The van der Waals surface area contributed by atoms with Crippen LogP contribution >= 0.6 is 0 Å². The Morgan fingerprint density at radius 1 is 0.591 bits per heavy atom. The molecule has 0 saturated carbocycles. The number of furan rings is 1. The smallest absolute Gasteiger partial charge is 0.161 e. The number of aliphatic imine (C=N–C) groups is 1. The predicted octanol–water partition coefficient (Wildman–Crippen LogP) is 10.6. The van der Waals surface area contributed by atoms with Gasteiger partial charge in [-0.3, -0.25) is 4.99 Å². The molecule has 0 fully saturated rings. The summed E-state index contributed by atoms with van der Waals surface area (Å²) in [5.74, 6) is 0. The van der Waals surface area contributed by atoms with E-state index in [0.717, 1.165) is 55.6 Å². The zero-order chi connectivity index (χ0) is 29.3. The molecular weight excluding hydrogens is 536 g/mol. The second-order valence-electron chi connectivity index (χ2n) is 11.7. The van der Waals surface area contributed by atoms with E-state index in [4.69, 9.17) is 9.41 Å². The second kappa shape index (κ2) is 9.42. The summed E-state index contributed by atoms with van der Waals surface area (Å²) in [6.45, 7) is 2.30. The number of fused-ring (bicyclic) bond motifs is 6. The highest BCUT2D eigenvalue weighted by molar-refractivity contribution is 6.20. The number of hydrogen-bond acceptors (Lipinski definition) is 2. The molecule has 1 aliphatic rings. The first-order chi connectivity index (χ1) is 21.7. The molecule has 208 valence electrons. The van der Waals surface area contributed by atoms with Gasteiger partial charge >= 0.3 is 0 Å². The third kappa shape index (κ3) is 3.53. The summed E-state index contributed by atoms with van der Waals surface area (Å²) in [5.41, 5.74) is 12.7. The van der Waals surface area contributed by atoms with Gasteiger partial charge in [-0.1, -0.05) is 109 Å². The topological polar surface area (TPSA) is 30.4 Å². The van der Waals surface area contributed by atoms with Gasteiger partial charge in [0.15, 0.2) is 5.58 Å². The molecule has 9 rings (SSSR count). The van der Waals surface area contributed by atoms with Crippen molar-refractivity contribution in [3.8, 4) is 16.8 Å². The van der Waals surface area contributed by atoms with Crippen molar-refractivity contribution in [2.45, 2.75) is 12.3 Å². The summed E-state index contributed by atoms with van der Waals surface area (Å²) in [6.07, 6.45) is 0. The van der Waals surface area contributed by atoms with Crippen molar-refractivity contribution in [2.24, 2.45) is 4.99 Å². The van der Waals surface area contributed by atoms with Gasteiger partial charge in [-0.15, -0.1) is 0 Å². The van der Waals surface area contributed by atoms with Crippen LogP contribution in [-0.4, -0.2) is 10.3 Å². The summed E-state index contributed by atoms with van der Waals surface area (Å²) in [5, 5.41) is 2.19. The fourth-order valence-electron chi connectivity index (χ4n) is 7.09. The van der Waals surface area contributed by atoms with Crippen LogP contribution in [0.25, 0.3) is 49.8 Å². The highest BCUT2D eigenvalue weighted by atomic mass is 16.3. The van der Waals surface area contributed by atoms with Crippen LogP contribution in [0.15, 0.2) is 161 Å². The van der Waals surface area contributed by atoms with Gasteiger partial charge in [-0.2, -0.15) is 0 Å². The lowest BCUT2D eigenvalue weighted by atomic mass is 9.72. The highest BCUT2D eigenvalue weighted by Gasteiger charge is 2.41. The molecule has 0 aliphatic carbocycles. The van der Waals surface area contributed by atoms with Crippen molar-refractivity contribution in [3.05, 3.63) is 168 Å². The zero-order valence-electron chi connectivity index (χ0n) is 24.2. The van der Waals surface area contributed by atoms with Crippen LogP contribution < -0.4 is 0 Å². The Hall–Kier alpha value is -5.67. The Balaban J connectivity index is 1.32. The molecule has 0 spiro atoms. The van der Waals surface area contributed by atoms with Gasteiger partial charge in [0, 0.05) is 16.5 Å². The Kier molecular flexibility index (Phi) is 5.33. The number of hydrogen-bond donors (Lipinski definition) is 0. The maximum atomic E-state index is 6.63. The van der Waals surface area contributed by atoms with Crippen LogP contribution in [0.4, 0.5) is 5.69 Å².